The first-order chi connectivity index (χ1) is 13.1. The molecule has 1 amide bonds. The van der Waals surface area contributed by atoms with Crippen LogP contribution in [0.15, 0.2) is 48.5 Å². The molecule has 2 aromatic carbocycles. The van der Waals surface area contributed by atoms with Crippen LogP contribution in [0.25, 0.3) is 10.2 Å². The van der Waals surface area contributed by atoms with Crippen molar-refractivity contribution < 1.29 is 9.53 Å². The number of likely N-dealkylation sites (N-methyl/N-ethyl adjacent to an activating group) is 1. The highest BCUT2D eigenvalue weighted by Gasteiger charge is 2.20. The van der Waals surface area contributed by atoms with Crippen LogP contribution in [0, 0.1) is 0 Å². The number of fused-ring (bicyclic) bond motifs is 1. The van der Waals surface area contributed by atoms with Crippen LogP contribution >= 0.6 is 23.7 Å². The summed E-state index contributed by atoms with van der Waals surface area (Å²) in [7, 11) is 4.01. The third-order valence-electron chi connectivity index (χ3n) is 4.16. The smallest absolute Gasteiger partial charge is 0.233 e. The normalized spacial score (nSPS) is 10.7. The molecule has 0 aliphatic carbocycles. The minimum Gasteiger partial charge on any atom is -0.494 e. The van der Waals surface area contributed by atoms with Crippen LogP contribution in [0.4, 0.5) is 5.13 Å². The summed E-state index contributed by atoms with van der Waals surface area (Å²) >= 11 is 1.53. The van der Waals surface area contributed by atoms with Crippen molar-refractivity contribution in [2.45, 2.75) is 13.3 Å². The number of benzene rings is 2. The van der Waals surface area contributed by atoms with Gasteiger partial charge in [0.15, 0.2) is 5.13 Å². The van der Waals surface area contributed by atoms with Gasteiger partial charge in [0, 0.05) is 13.1 Å². The van der Waals surface area contributed by atoms with Gasteiger partial charge in [0.05, 0.1) is 23.2 Å². The Labute approximate surface area is 176 Å². The highest BCUT2D eigenvalue weighted by atomic mass is 35.5. The second-order valence-corrected chi connectivity index (χ2v) is 7.58. The van der Waals surface area contributed by atoms with E-state index in [1.54, 1.807) is 4.90 Å². The fraction of sp³-hybridized carbons (Fsp3) is 0.333. The third-order valence-corrected chi connectivity index (χ3v) is 5.20. The minimum atomic E-state index is 0. The van der Waals surface area contributed by atoms with Gasteiger partial charge in [-0.1, -0.05) is 41.7 Å². The molecule has 0 N–H and O–H groups in total. The van der Waals surface area contributed by atoms with Gasteiger partial charge in [0.1, 0.15) is 5.75 Å². The fourth-order valence-electron chi connectivity index (χ4n) is 2.76. The number of hydrogen-bond donors (Lipinski definition) is 0. The van der Waals surface area contributed by atoms with Crippen LogP contribution in [-0.2, 0) is 11.2 Å². The first-order valence-corrected chi connectivity index (χ1v) is 9.91. The van der Waals surface area contributed by atoms with Gasteiger partial charge < -0.3 is 9.64 Å². The molecule has 0 fully saturated rings. The monoisotopic (exact) mass is 419 g/mol. The van der Waals surface area contributed by atoms with Gasteiger partial charge >= 0.3 is 0 Å². The lowest BCUT2D eigenvalue weighted by Crippen LogP contribution is -2.37. The SMILES string of the molecule is CCOc1ccc2nc(N(CCN(C)C)C(=O)Cc3ccccc3)sc2c1.Cl. The first-order valence-electron chi connectivity index (χ1n) is 9.09. The van der Waals surface area contributed by atoms with Crippen LogP contribution in [0.2, 0.25) is 0 Å². The maximum Gasteiger partial charge on any atom is 0.233 e. The van der Waals surface area contributed by atoms with E-state index in [1.165, 1.54) is 11.3 Å². The lowest BCUT2D eigenvalue weighted by Gasteiger charge is -2.22. The maximum atomic E-state index is 13.0. The Bertz CT molecular complexity index is 899. The number of hydrogen-bond acceptors (Lipinski definition) is 5. The average Bonchev–Trinajstić information content (AvgIpc) is 3.05. The summed E-state index contributed by atoms with van der Waals surface area (Å²) in [4.78, 5) is 21.6. The van der Waals surface area contributed by atoms with Crippen LogP contribution < -0.4 is 9.64 Å². The van der Waals surface area contributed by atoms with Gasteiger partial charge in [0.2, 0.25) is 5.91 Å². The number of carbonyl (C=O) groups excluding carboxylic acids is 1. The van der Waals surface area contributed by atoms with Crippen molar-refractivity contribution in [1.29, 1.82) is 0 Å². The Morgan fingerprint density at radius 3 is 2.54 bits per heavy atom. The van der Waals surface area contributed by atoms with Crippen LogP contribution in [-0.4, -0.2) is 49.6 Å². The number of anilines is 1. The summed E-state index contributed by atoms with van der Waals surface area (Å²) in [6.45, 7) is 3.98. The maximum absolute atomic E-state index is 13.0. The van der Waals surface area contributed by atoms with E-state index in [4.69, 9.17) is 9.72 Å². The number of carbonyl (C=O) groups is 1. The molecule has 0 spiro atoms. The topological polar surface area (TPSA) is 45.7 Å². The Hall–Kier alpha value is -2.15. The summed E-state index contributed by atoms with van der Waals surface area (Å²) in [5.41, 5.74) is 1.90. The molecule has 1 heterocycles. The van der Waals surface area contributed by atoms with E-state index in [2.05, 4.69) is 4.90 Å². The van der Waals surface area contributed by atoms with Crippen molar-refractivity contribution >= 4 is 45.0 Å². The molecule has 0 aliphatic rings. The van der Waals surface area contributed by atoms with Crippen molar-refractivity contribution in [3.63, 3.8) is 0 Å². The van der Waals surface area contributed by atoms with E-state index in [9.17, 15) is 4.79 Å². The summed E-state index contributed by atoms with van der Waals surface area (Å²) in [5, 5.41) is 0.737. The second-order valence-electron chi connectivity index (χ2n) is 6.57. The van der Waals surface area contributed by atoms with Crippen molar-refractivity contribution in [3.8, 4) is 5.75 Å². The van der Waals surface area contributed by atoms with Crippen molar-refractivity contribution in [2.75, 3.05) is 38.7 Å². The Kier molecular flexibility index (Phi) is 8.23. The number of halogens is 1. The Morgan fingerprint density at radius 1 is 1.11 bits per heavy atom. The Morgan fingerprint density at radius 2 is 1.86 bits per heavy atom. The molecule has 1 aromatic heterocycles. The number of thiazole rings is 1. The quantitative estimate of drug-likeness (QED) is 0.547. The summed E-state index contributed by atoms with van der Waals surface area (Å²) < 4.78 is 6.61. The number of amides is 1. The standard InChI is InChI=1S/C21H25N3O2S.ClH/c1-4-26-17-10-11-18-19(15-17)27-21(22-18)24(13-12-23(2)3)20(25)14-16-8-6-5-7-9-16;/h5-11,15H,4,12-14H2,1-3H3;1H. The van der Waals surface area contributed by atoms with Gasteiger partial charge in [-0.3, -0.25) is 9.69 Å². The zero-order valence-electron chi connectivity index (χ0n) is 16.4. The highest BCUT2D eigenvalue weighted by molar-refractivity contribution is 7.22. The molecule has 7 heteroatoms. The van der Waals surface area contributed by atoms with E-state index in [-0.39, 0.29) is 18.3 Å². The van der Waals surface area contributed by atoms with Gasteiger partial charge in [0.25, 0.3) is 0 Å². The van der Waals surface area contributed by atoms with E-state index in [1.807, 2.05) is 69.6 Å². The molecule has 3 rings (SSSR count). The van der Waals surface area contributed by atoms with Gasteiger partial charge in [-0.15, -0.1) is 12.4 Å². The van der Waals surface area contributed by atoms with Crippen molar-refractivity contribution in [3.05, 3.63) is 54.1 Å². The first kappa shape index (κ1) is 22.1. The third kappa shape index (κ3) is 5.67. The summed E-state index contributed by atoms with van der Waals surface area (Å²) in [6.07, 6.45) is 0.369. The van der Waals surface area contributed by atoms with Crippen LogP contribution in [0.5, 0.6) is 5.75 Å². The van der Waals surface area contributed by atoms with Gasteiger partial charge in [-0.05, 0) is 44.8 Å². The molecular formula is C21H26ClN3O2S. The zero-order chi connectivity index (χ0) is 19.2. The van der Waals surface area contributed by atoms with Gasteiger partial charge in [-0.2, -0.15) is 0 Å². The minimum absolute atomic E-state index is 0. The van der Waals surface area contributed by atoms with Crippen LogP contribution in [0.1, 0.15) is 12.5 Å². The number of ether oxygens (including phenoxy) is 1. The molecule has 5 nitrogen and oxygen atoms in total. The lowest BCUT2D eigenvalue weighted by molar-refractivity contribution is -0.118. The number of rotatable bonds is 8. The molecule has 3 aromatic rings. The highest BCUT2D eigenvalue weighted by Crippen LogP contribution is 2.31. The van der Waals surface area contributed by atoms with E-state index in [0.29, 0.717) is 19.6 Å². The fourth-order valence-corrected chi connectivity index (χ4v) is 3.79. The summed E-state index contributed by atoms with van der Waals surface area (Å²) in [6, 6.07) is 15.7. The molecule has 0 aliphatic heterocycles. The molecule has 0 unspecified atom stereocenters. The molecule has 0 radical (unpaired) electrons. The average molecular weight is 420 g/mol. The van der Waals surface area contributed by atoms with Crippen molar-refractivity contribution in [2.24, 2.45) is 0 Å². The molecular weight excluding hydrogens is 394 g/mol. The Balaban J connectivity index is 0.00000280. The molecule has 150 valence electrons. The molecule has 0 bridgehead atoms. The number of aromatic nitrogens is 1. The molecule has 0 atom stereocenters. The van der Waals surface area contributed by atoms with E-state index < -0.39 is 0 Å². The summed E-state index contributed by atoms with van der Waals surface area (Å²) in [5.74, 6) is 0.891. The lowest BCUT2D eigenvalue weighted by atomic mass is 10.1. The molecule has 0 saturated carbocycles. The van der Waals surface area contributed by atoms with Gasteiger partial charge in [-0.25, -0.2) is 4.98 Å². The largest absolute Gasteiger partial charge is 0.494 e. The second kappa shape index (κ2) is 10.4. The predicted octanol–water partition coefficient (Wildman–Crippen LogP) is 4.25. The van der Waals surface area contributed by atoms with Crippen LogP contribution in [0.3, 0.4) is 0 Å². The molecule has 28 heavy (non-hydrogen) atoms. The predicted molar refractivity (Wildman–Crippen MR) is 119 cm³/mol. The number of nitrogens with zero attached hydrogens (tertiary/aromatic N) is 3. The van der Waals surface area contributed by atoms with E-state index in [0.717, 1.165) is 33.2 Å². The zero-order valence-corrected chi connectivity index (χ0v) is 18.1. The van der Waals surface area contributed by atoms with E-state index >= 15 is 0 Å². The van der Waals surface area contributed by atoms with Crippen molar-refractivity contribution in [1.82, 2.24) is 9.88 Å². The molecule has 0 saturated heterocycles.